The molecule has 2 aliphatic heterocycles. The summed E-state index contributed by atoms with van der Waals surface area (Å²) in [7, 11) is 2.92. The lowest BCUT2D eigenvalue weighted by atomic mass is 10.0. The number of ether oxygens (including phenoxy) is 3. The number of methoxy groups -OCH3 is 2. The Morgan fingerprint density at radius 3 is 2.36 bits per heavy atom. The Balaban J connectivity index is 1.48. The van der Waals surface area contributed by atoms with Crippen LogP contribution < -0.4 is 14.8 Å². The molecule has 2 aliphatic rings. The second-order valence-electron chi connectivity index (χ2n) is 7.59. The topological polar surface area (TPSA) is 94.2 Å². The predicted molar refractivity (Wildman–Crippen MR) is 123 cm³/mol. The molecule has 172 valence electrons. The summed E-state index contributed by atoms with van der Waals surface area (Å²) in [5, 5.41) is 2.38. The number of rotatable bonds is 7. The van der Waals surface area contributed by atoms with Crippen LogP contribution in [-0.2, 0) is 20.9 Å². The van der Waals surface area contributed by atoms with Gasteiger partial charge in [-0.1, -0.05) is 36.4 Å². The molecule has 2 atom stereocenters. The minimum atomic E-state index is -0.776. The average molecular weight is 469 g/mol. The van der Waals surface area contributed by atoms with Crippen molar-refractivity contribution >= 4 is 29.5 Å². The Bertz CT molecular complexity index is 1090. The highest BCUT2D eigenvalue weighted by Gasteiger charge is 2.54. The second-order valence-corrected chi connectivity index (χ2v) is 8.69. The quantitative estimate of drug-likeness (QED) is 0.493. The number of nitrogens with one attached hydrogen (secondary N) is 1. The standard InChI is InChI=1S/C24H24N2O6S/c1-14-13-33-23-19(25-21(27)18-16(30-2)10-7-11-17(18)31-3)22(28)26(23)20(14)24(29)32-12-15-8-5-4-6-9-15/h4-11,19,23H,12-13H2,1-3H3,(H,25,27)/t19-,23+/m1/s1. The number of β-lactam (4-membered cyclic amide) rings is 1. The average Bonchev–Trinajstić information content (AvgIpc) is 2.85. The molecule has 0 aliphatic carbocycles. The third-order valence-corrected chi connectivity index (χ3v) is 6.93. The Morgan fingerprint density at radius 2 is 1.73 bits per heavy atom. The van der Waals surface area contributed by atoms with Gasteiger partial charge in [0.05, 0.1) is 14.2 Å². The second kappa shape index (κ2) is 9.58. The van der Waals surface area contributed by atoms with E-state index in [4.69, 9.17) is 14.2 Å². The molecule has 0 aromatic heterocycles. The largest absolute Gasteiger partial charge is 0.496 e. The van der Waals surface area contributed by atoms with E-state index in [0.29, 0.717) is 17.3 Å². The molecule has 1 fully saturated rings. The maximum Gasteiger partial charge on any atom is 0.355 e. The van der Waals surface area contributed by atoms with E-state index in [1.54, 1.807) is 25.1 Å². The first-order valence-corrected chi connectivity index (χ1v) is 11.4. The number of carbonyl (C=O) groups excluding carboxylic acids is 3. The SMILES string of the molecule is COc1cccc(OC)c1C(=O)N[C@@H]1C(=O)N2C(C(=O)OCc3ccccc3)=C(C)CS[C@@H]12. The van der Waals surface area contributed by atoms with Crippen molar-refractivity contribution in [2.75, 3.05) is 20.0 Å². The van der Waals surface area contributed by atoms with Crippen LogP contribution in [0.3, 0.4) is 0 Å². The minimum absolute atomic E-state index is 0.115. The van der Waals surface area contributed by atoms with E-state index in [1.807, 2.05) is 30.3 Å². The fraction of sp³-hybridized carbons (Fsp3) is 0.292. The van der Waals surface area contributed by atoms with Gasteiger partial charge in [0, 0.05) is 5.75 Å². The fourth-order valence-electron chi connectivity index (χ4n) is 3.84. The molecule has 0 spiro atoms. The zero-order chi connectivity index (χ0) is 23.5. The first-order valence-electron chi connectivity index (χ1n) is 10.3. The molecule has 0 unspecified atom stereocenters. The van der Waals surface area contributed by atoms with E-state index in [1.165, 1.54) is 30.9 Å². The summed E-state index contributed by atoms with van der Waals surface area (Å²) < 4.78 is 16.0. The van der Waals surface area contributed by atoms with Gasteiger partial charge in [0.25, 0.3) is 11.8 Å². The smallest absolute Gasteiger partial charge is 0.355 e. The normalized spacial score (nSPS) is 19.4. The number of thioether (sulfide) groups is 1. The third-order valence-electron chi connectivity index (χ3n) is 5.51. The van der Waals surface area contributed by atoms with Gasteiger partial charge in [-0.05, 0) is 30.2 Å². The number of amides is 2. The summed E-state index contributed by atoms with van der Waals surface area (Å²) in [5.41, 5.74) is 2.08. The van der Waals surface area contributed by atoms with Gasteiger partial charge in [-0.25, -0.2) is 4.79 Å². The number of benzene rings is 2. The van der Waals surface area contributed by atoms with Gasteiger partial charge in [-0.15, -0.1) is 11.8 Å². The van der Waals surface area contributed by atoms with Crippen molar-refractivity contribution < 1.29 is 28.6 Å². The predicted octanol–water partition coefficient (Wildman–Crippen LogP) is 2.73. The first kappa shape index (κ1) is 22.7. The summed E-state index contributed by atoms with van der Waals surface area (Å²) in [4.78, 5) is 40.3. The van der Waals surface area contributed by atoms with Gasteiger partial charge >= 0.3 is 5.97 Å². The lowest BCUT2D eigenvalue weighted by Gasteiger charge is -2.49. The van der Waals surface area contributed by atoms with Crippen molar-refractivity contribution in [2.45, 2.75) is 24.9 Å². The molecular formula is C24H24N2O6S. The summed E-state index contributed by atoms with van der Waals surface area (Å²) in [6.07, 6.45) is 0. The summed E-state index contributed by atoms with van der Waals surface area (Å²) in [6, 6.07) is 13.6. The van der Waals surface area contributed by atoms with E-state index in [2.05, 4.69) is 5.32 Å². The molecule has 9 heteroatoms. The van der Waals surface area contributed by atoms with Crippen molar-refractivity contribution in [3.05, 3.63) is 70.9 Å². The van der Waals surface area contributed by atoms with Crippen LogP contribution in [0.15, 0.2) is 59.8 Å². The monoisotopic (exact) mass is 468 g/mol. The lowest BCUT2D eigenvalue weighted by molar-refractivity contribution is -0.152. The van der Waals surface area contributed by atoms with Gasteiger partial charge in [0.1, 0.15) is 40.8 Å². The molecule has 0 saturated carbocycles. The van der Waals surface area contributed by atoms with Crippen LogP contribution in [0.2, 0.25) is 0 Å². The van der Waals surface area contributed by atoms with Crippen LogP contribution in [-0.4, -0.2) is 54.1 Å². The number of hydrogen-bond donors (Lipinski definition) is 1. The van der Waals surface area contributed by atoms with Crippen LogP contribution >= 0.6 is 11.8 Å². The molecule has 1 saturated heterocycles. The maximum atomic E-state index is 13.0. The highest BCUT2D eigenvalue weighted by molar-refractivity contribution is 8.00. The molecule has 2 amide bonds. The highest BCUT2D eigenvalue weighted by atomic mass is 32.2. The Morgan fingerprint density at radius 1 is 1.06 bits per heavy atom. The van der Waals surface area contributed by atoms with Gasteiger partial charge in [-0.3, -0.25) is 14.5 Å². The highest BCUT2D eigenvalue weighted by Crippen LogP contribution is 2.41. The Kier molecular flexibility index (Phi) is 6.60. The molecule has 1 N–H and O–H groups in total. The zero-order valence-electron chi connectivity index (χ0n) is 18.5. The number of fused-ring (bicyclic) bond motifs is 1. The summed E-state index contributed by atoms with van der Waals surface area (Å²) in [6.45, 7) is 1.92. The van der Waals surface area contributed by atoms with Crippen molar-refractivity contribution in [3.8, 4) is 11.5 Å². The van der Waals surface area contributed by atoms with E-state index in [9.17, 15) is 14.4 Å². The van der Waals surface area contributed by atoms with E-state index < -0.39 is 23.3 Å². The molecule has 2 aromatic carbocycles. The Labute approximate surface area is 195 Å². The van der Waals surface area contributed by atoms with Crippen molar-refractivity contribution in [1.82, 2.24) is 10.2 Å². The van der Waals surface area contributed by atoms with Crippen molar-refractivity contribution in [2.24, 2.45) is 0 Å². The molecule has 4 rings (SSSR count). The minimum Gasteiger partial charge on any atom is -0.496 e. The first-order chi connectivity index (χ1) is 16.0. The number of carbonyl (C=O) groups is 3. The van der Waals surface area contributed by atoms with Crippen molar-refractivity contribution in [3.63, 3.8) is 0 Å². The molecular weight excluding hydrogens is 444 g/mol. The van der Waals surface area contributed by atoms with Gasteiger partial charge < -0.3 is 19.5 Å². The van der Waals surface area contributed by atoms with Crippen LogP contribution in [0.4, 0.5) is 0 Å². The van der Waals surface area contributed by atoms with Crippen LogP contribution in [0, 0.1) is 0 Å². The summed E-state index contributed by atoms with van der Waals surface area (Å²) >= 11 is 1.49. The number of hydrogen-bond acceptors (Lipinski definition) is 7. The molecule has 33 heavy (non-hydrogen) atoms. The molecule has 8 nitrogen and oxygen atoms in total. The van der Waals surface area contributed by atoms with Crippen LogP contribution in [0.5, 0.6) is 11.5 Å². The number of esters is 1. The van der Waals surface area contributed by atoms with E-state index >= 15 is 0 Å². The van der Waals surface area contributed by atoms with Gasteiger partial charge in [0.2, 0.25) is 0 Å². The molecule has 0 bridgehead atoms. The van der Waals surface area contributed by atoms with Gasteiger partial charge in [0.15, 0.2) is 0 Å². The fourth-order valence-corrected chi connectivity index (χ4v) is 5.13. The molecule has 2 heterocycles. The van der Waals surface area contributed by atoms with E-state index in [-0.39, 0.29) is 23.8 Å². The number of nitrogens with zero attached hydrogens (tertiary/aromatic N) is 1. The maximum absolute atomic E-state index is 13.0. The molecule has 2 aromatic rings. The van der Waals surface area contributed by atoms with Crippen molar-refractivity contribution in [1.29, 1.82) is 0 Å². The lowest BCUT2D eigenvalue weighted by Crippen LogP contribution is -2.70. The molecule has 0 radical (unpaired) electrons. The zero-order valence-corrected chi connectivity index (χ0v) is 19.3. The third kappa shape index (κ3) is 4.28. The van der Waals surface area contributed by atoms with Crippen LogP contribution in [0.25, 0.3) is 0 Å². The van der Waals surface area contributed by atoms with Gasteiger partial charge in [-0.2, -0.15) is 0 Å². The summed E-state index contributed by atoms with van der Waals surface area (Å²) in [5.74, 6) is -0.163. The van der Waals surface area contributed by atoms with E-state index in [0.717, 1.165) is 11.1 Å². The Hall–Kier alpha value is -3.46. The van der Waals surface area contributed by atoms with Crippen LogP contribution in [0.1, 0.15) is 22.8 Å².